The fourth-order valence-corrected chi connectivity index (χ4v) is 4.18. The molecule has 1 fully saturated rings. The minimum Gasteiger partial charge on any atom is -0.494 e. The van der Waals surface area contributed by atoms with Gasteiger partial charge in [0.25, 0.3) is 0 Å². The first-order chi connectivity index (χ1) is 12.2. The number of aryl methyl sites for hydroxylation is 1. The summed E-state index contributed by atoms with van der Waals surface area (Å²) in [5, 5.41) is 4.78. The van der Waals surface area contributed by atoms with Gasteiger partial charge < -0.3 is 15.0 Å². The Morgan fingerprint density at radius 3 is 2.80 bits per heavy atom. The summed E-state index contributed by atoms with van der Waals surface area (Å²) in [4.78, 5) is 7.22. The molecule has 2 aromatic rings. The second kappa shape index (κ2) is 6.79. The molecule has 1 saturated heterocycles. The molecule has 1 aliphatic carbocycles. The van der Waals surface area contributed by atoms with Crippen molar-refractivity contribution in [2.24, 2.45) is 0 Å². The Hall–Kier alpha value is -1.88. The number of ether oxygens (including phenoxy) is 1. The average Bonchev–Trinajstić information content (AvgIpc) is 3.10. The van der Waals surface area contributed by atoms with Gasteiger partial charge in [-0.05, 0) is 50.3 Å². The average molecular weight is 343 g/mol. The Morgan fingerprint density at radius 2 is 2.08 bits per heavy atom. The van der Waals surface area contributed by atoms with E-state index >= 15 is 0 Å². The van der Waals surface area contributed by atoms with Crippen LogP contribution in [0.15, 0.2) is 12.1 Å². The molecule has 0 unspecified atom stereocenters. The van der Waals surface area contributed by atoms with Gasteiger partial charge in [0, 0.05) is 42.0 Å². The fraction of sp³-hybridized carbons (Fsp3) is 0.550. The molecule has 0 saturated carbocycles. The number of methoxy groups -OCH3 is 1. The Morgan fingerprint density at radius 1 is 1.28 bits per heavy atom. The van der Waals surface area contributed by atoms with Crippen molar-refractivity contribution in [1.29, 1.82) is 0 Å². The van der Waals surface area contributed by atoms with Crippen LogP contribution >= 0.6 is 0 Å². The van der Waals surface area contributed by atoms with Crippen molar-refractivity contribution >= 4 is 16.6 Å². The molecule has 1 aromatic carbocycles. The molecule has 1 aromatic heterocycles. The molecule has 4 nitrogen and oxygen atoms in total. The van der Waals surface area contributed by atoms with Crippen LogP contribution in [-0.4, -0.2) is 42.7 Å². The van der Waals surface area contributed by atoms with Gasteiger partial charge in [0.05, 0.1) is 12.6 Å². The van der Waals surface area contributed by atoms with E-state index in [-0.39, 0.29) is 11.6 Å². The Kier molecular flexibility index (Phi) is 4.50. The first-order valence-corrected chi connectivity index (χ1v) is 9.37. The first-order valence-electron chi connectivity index (χ1n) is 9.37. The Labute approximate surface area is 148 Å². The summed E-state index contributed by atoms with van der Waals surface area (Å²) in [6.07, 6.45) is 5.45. The number of nitrogens with one attached hydrogen (secondary N) is 1. The van der Waals surface area contributed by atoms with Crippen LogP contribution in [0.4, 0.5) is 10.1 Å². The lowest BCUT2D eigenvalue weighted by Gasteiger charge is -2.32. The van der Waals surface area contributed by atoms with Crippen molar-refractivity contribution in [3.8, 4) is 5.75 Å². The number of fused-ring (bicyclic) bond motifs is 2. The lowest BCUT2D eigenvalue weighted by atomic mass is 10.0. The first kappa shape index (κ1) is 16.6. The van der Waals surface area contributed by atoms with Gasteiger partial charge in [0.1, 0.15) is 0 Å². The van der Waals surface area contributed by atoms with E-state index in [9.17, 15) is 4.39 Å². The number of hydrogen-bond acceptors (Lipinski definition) is 4. The highest BCUT2D eigenvalue weighted by Gasteiger charge is 2.24. The van der Waals surface area contributed by atoms with Gasteiger partial charge in [0.2, 0.25) is 0 Å². The minimum atomic E-state index is -0.345. The summed E-state index contributed by atoms with van der Waals surface area (Å²) in [5.41, 5.74) is 4.34. The summed E-state index contributed by atoms with van der Waals surface area (Å²) in [6.45, 7) is 5.61. The summed E-state index contributed by atoms with van der Waals surface area (Å²) >= 11 is 0. The third-order valence-corrected chi connectivity index (χ3v) is 5.67. The molecule has 0 spiro atoms. The molecule has 1 N–H and O–H groups in total. The molecule has 1 aliphatic heterocycles. The van der Waals surface area contributed by atoms with Crippen molar-refractivity contribution in [2.75, 3.05) is 32.1 Å². The number of pyridine rings is 1. The molecule has 0 amide bonds. The van der Waals surface area contributed by atoms with E-state index in [0.29, 0.717) is 6.04 Å². The normalized spacial score (nSPS) is 18.5. The molecule has 0 radical (unpaired) electrons. The highest BCUT2D eigenvalue weighted by molar-refractivity contribution is 5.95. The predicted molar refractivity (Wildman–Crippen MR) is 99.0 cm³/mol. The van der Waals surface area contributed by atoms with E-state index in [1.807, 2.05) is 0 Å². The van der Waals surface area contributed by atoms with E-state index in [4.69, 9.17) is 9.72 Å². The van der Waals surface area contributed by atoms with E-state index < -0.39 is 0 Å². The fourth-order valence-electron chi connectivity index (χ4n) is 4.18. The molecule has 4 rings (SSSR count). The second-order valence-corrected chi connectivity index (χ2v) is 7.12. The minimum absolute atomic E-state index is 0.288. The Balaban J connectivity index is 1.73. The van der Waals surface area contributed by atoms with Crippen molar-refractivity contribution in [3.05, 3.63) is 29.2 Å². The highest BCUT2D eigenvalue weighted by Crippen LogP contribution is 2.37. The molecule has 0 bridgehead atoms. The van der Waals surface area contributed by atoms with Crippen LogP contribution in [0.2, 0.25) is 0 Å². The Bertz CT molecular complexity index is 784. The summed E-state index contributed by atoms with van der Waals surface area (Å²) in [6, 6.07) is 3.78. The quantitative estimate of drug-likeness (QED) is 0.917. The molecular formula is C20H26FN3O. The third kappa shape index (κ3) is 3.06. The SMILES string of the molecule is CCN1CCC(Nc2c3c(nc4cc(F)c(OC)cc24)CCC3)CC1. The largest absolute Gasteiger partial charge is 0.494 e. The van der Waals surface area contributed by atoms with Crippen LogP contribution in [0.25, 0.3) is 10.9 Å². The van der Waals surface area contributed by atoms with Crippen LogP contribution in [-0.2, 0) is 12.8 Å². The summed E-state index contributed by atoms with van der Waals surface area (Å²) < 4.78 is 19.4. The molecule has 5 heteroatoms. The predicted octanol–water partition coefficient (Wildman–Crippen LogP) is 3.77. The zero-order valence-corrected chi connectivity index (χ0v) is 15.1. The van der Waals surface area contributed by atoms with Crippen LogP contribution in [0.5, 0.6) is 5.75 Å². The van der Waals surface area contributed by atoms with Crippen molar-refractivity contribution < 1.29 is 9.13 Å². The molecule has 0 atom stereocenters. The lowest BCUT2D eigenvalue weighted by molar-refractivity contribution is 0.229. The number of benzene rings is 1. The van der Waals surface area contributed by atoms with E-state index in [0.717, 1.165) is 74.0 Å². The van der Waals surface area contributed by atoms with Gasteiger partial charge >= 0.3 is 0 Å². The topological polar surface area (TPSA) is 37.4 Å². The highest BCUT2D eigenvalue weighted by atomic mass is 19.1. The standard InChI is InChI=1S/C20H26FN3O/c1-3-24-9-7-13(8-10-24)22-20-14-5-4-6-17(14)23-18-12-16(21)19(25-2)11-15(18)20/h11-13H,3-10H2,1-2H3,(H,22,23). The van der Waals surface area contributed by atoms with Gasteiger partial charge in [-0.2, -0.15) is 0 Å². The van der Waals surface area contributed by atoms with Gasteiger partial charge in [-0.1, -0.05) is 6.92 Å². The zero-order valence-electron chi connectivity index (χ0n) is 15.1. The second-order valence-electron chi connectivity index (χ2n) is 7.12. The van der Waals surface area contributed by atoms with E-state index in [1.165, 1.54) is 18.7 Å². The van der Waals surface area contributed by atoms with Gasteiger partial charge in [-0.3, -0.25) is 4.98 Å². The zero-order chi connectivity index (χ0) is 17.4. The summed E-state index contributed by atoms with van der Waals surface area (Å²) in [5.74, 6) is -0.0567. The van der Waals surface area contributed by atoms with Crippen molar-refractivity contribution in [3.63, 3.8) is 0 Å². The summed E-state index contributed by atoms with van der Waals surface area (Å²) in [7, 11) is 1.51. The number of anilines is 1. The van der Waals surface area contributed by atoms with Gasteiger partial charge in [-0.25, -0.2) is 4.39 Å². The maximum atomic E-state index is 14.2. The van der Waals surface area contributed by atoms with Crippen LogP contribution in [0, 0.1) is 5.82 Å². The van der Waals surface area contributed by atoms with Crippen LogP contribution < -0.4 is 10.1 Å². The van der Waals surface area contributed by atoms with Crippen molar-refractivity contribution in [1.82, 2.24) is 9.88 Å². The van der Waals surface area contributed by atoms with E-state index in [2.05, 4.69) is 17.1 Å². The number of likely N-dealkylation sites (tertiary alicyclic amines) is 1. The third-order valence-electron chi connectivity index (χ3n) is 5.67. The maximum absolute atomic E-state index is 14.2. The molecular weight excluding hydrogens is 317 g/mol. The van der Waals surface area contributed by atoms with Crippen molar-refractivity contribution in [2.45, 2.75) is 45.1 Å². The van der Waals surface area contributed by atoms with Gasteiger partial charge in [-0.15, -0.1) is 0 Å². The molecule has 25 heavy (non-hydrogen) atoms. The van der Waals surface area contributed by atoms with E-state index in [1.54, 1.807) is 6.07 Å². The monoisotopic (exact) mass is 343 g/mol. The molecule has 134 valence electrons. The molecule has 2 heterocycles. The number of hydrogen-bond donors (Lipinski definition) is 1. The van der Waals surface area contributed by atoms with Crippen LogP contribution in [0.3, 0.4) is 0 Å². The number of halogens is 1. The number of rotatable bonds is 4. The number of nitrogens with zero attached hydrogens (tertiary/aromatic N) is 2. The molecule has 2 aliphatic rings. The lowest BCUT2D eigenvalue weighted by Crippen LogP contribution is -2.39. The smallest absolute Gasteiger partial charge is 0.167 e. The van der Waals surface area contributed by atoms with Crippen LogP contribution in [0.1, 0.15) is 37.4 Å². The number of aromatic nitrogens is 1. The number of piperidine rings is 1. The maximum Gasteiger partial charge on any atom is 0.167 e. The van der Waals surface area contributed by atoms with Gasteiger partial charge in [0.15, 0.2) is 11.6 Å².